The number of amides is 1. The Morgan fingerprint density at radius 1 is 0.960 bits per heavy atom. The zero-order valence-electron chi connectivity index (χ0n) is 13.9. The first-order valence-corrected chi connectivity index (χ1v) is 7.77. The minimum Gasteiger partial charge on any atom is -0.339 e. The van der Waals surface area contributed by atoms with E-state index in [2.05, 4.69) is 26.9 Å². The van der Waals surface area contributed by atoms with Crippen molar-refractivity contribution >= 4 is 23.1 Å². The van der Waals surface area contributed by atoms with Crippen LogP contribution in [0.3, 0.4) is 0 Å². The van der Waals surface area contributed by atoms with Gasteiger partial charge in [0.1, 0.15) is 5.82 Å². The summed E-state index contributed by atoms with van der Waals surface area (Å²) in [5.41, 5.74) is 3.39. The van der Waals surface area contributed by atoms with E-state index in [1.165, 1.54) is 23.8 Å². The summed E-state index contributed by atoms with van der Waals surface area (Å²) >= 11 is 0. The van der Waals surface area contributed by atoms with Crippen molar-refractivity contribution in [3.8, 4) is 0 Å². The molecule has 3 rings (SSSR count). The zero-order valence-corrected chi connectivity index (χ0v) is 13.9. The molecule has 0 bridgehead atoms. The molecule has 2 aromatic carbocycles. The number of para-hydroxylation sites is 1. The van der Waals surface area contributed by atoms with Crippen LogP contribution in [0.4, 0.5) is 21.6 Å². The molecule has 0 unspecified atom stereocenters. The Hall–Kier alpha value is -3.28. The highest BCUT2D eigenvalue weighted by Crippen LogP contribution is 2.20. The molecule has 1 aromatic heterocycles. The zero-order chi connectivity index (χ0) is 17.8. The molecular weight excluding hydrogens is 319 g/mol. The van der Waals surface area contributed by atoms with Crippen molar-refractivity contribution in [1.82, 2.24) is 10.2 Å². The van der Waals surface area contributed by atoms with E-state index in [9.17, 15) is 9.18 Å². The number of benzene rings is 2. The molecule has 5 nitrogen and oxygen atoms in total. The van der Waals surface area contributed by atoms with E-state index in [4.69, 9.17) is 0 Å². The van der Waals surface area contributed by atoms with Crippen LogP contribution < -0.4 is 10.6 Å². The molecule has 3 aromatic rings. The van der Waals surface area contributed by atoms with Gasteiger partial charge in [-0.1, -0.05) is 29.8 Å². The van der Waals surface area contributed by atoms with Crippen LogP contribution in [-0.2, 0) is 0 Å². The minimum atomic E-state index is -0.518. The number of nitrogens with zero attached hydrogens (tertiary/aromatic N) is 2. The van der Waals surface area contributed by atoms with Gasteiger partial charge in [-0.3, -0.25) is 4.79 Å². The number of aromatic nitrogens is 2. The summed E-state index contributed by atoms with van der Waals surface area (Å²) in [5.74, 6) is -0.498. The summed E-state index contributed by atoms with van der Waals surface area (Å²) in [4.78, 5) is 12.1. The van der Waals surface area contributed by atoms with Crippen molar-refractivity contribution in [3.05, 3.63) is 77.2 Å². The van der Waals surface area contributed by atoms with Gasteiger partial charge in [0, 0.05) is 5.69 Å². The Morgan fingerprint density at radius 2 is 1.76 bits per heavy atom. The molecule has 6 heteroatoms. The average Bonchev–Trinajstić information content (AvgIpc) is 2.60. The number of hydrogen-bond donors (Lipinski definition) is 2. The monoisotopic (exact) mass is 336 g/mol. The van der Waals surface area contributed by atoms with Gasteiger partial charge in [-0.15, -0.1) is 10.2 Å². The Balaban J connectivity index is 1.71. The molecule has 0 aliphatic carbocycles. The van der Waals surface area contributed by atoms with Crippen LogP contribution in [0, 0.1) is 19.7 Å². The lowest BCUT2D eigenvalue weighted by atomic mass is 10.1. The van der Waals surface area contributed by atoms with E-state index >= 15 is 0 Å². The molecule has 1 amide bonds. The molecule has 0 saturated heterocycles. The highest BCUT2D eigenvalue weighted by atomic mass is 19.1. The highest BCUT2D eigenvalue weighted by molar-refractivity contribution is 6.02. The third-order valence-corrected chi connectivity index (χ3v) is 3.66. The fourth-order valence-electron chi connectivity index (χ4n) is 2.36. The van der Waals surface area contributed by atoms with Crippen LogP contribution in [0.2, 0.25) is 0 Å². The van der Waals surface area contributed by atoms with Crippen molar-refractivity contribution in [2.75, 3.05) is 10.6 Å². The van der Waals surface area contributed by atoms with Crippen molar-refractivity contribution in [1.29, 1.82) is 0 Å². The normalized spacial score (nSPS) is 10.4. The summed E-state index contributed by atoms with van der Waals surface area (Å²) in [6, 6.07) is 15.2. The molecule has 0 saturated carbocycles. The second-order valence-corrected chi connectivity index (χ2v) is 5.68. The van der Waals surface area contributed by atoms with E-state index in [1.807, 2.05) is 26.0 Å². The van der Waals surface area contributed by atoms with E-state index in [0.717, 1.165) is 11.3 Å². The summed E-state index contributed by atoms with van der Waals surface area (Å²) in [6.45, 7) is 4.03. The Labute approximate surface area is 144 Å². The predicted octanol–water partition coefficient (Wildman–Crippen LogP) is 4.23. The lowest BCUT2D eigenvalue weighted by Crippen LogP contribution is -2.15. The van der Waals surface area contributed by atoms with Gasteiger partial charge < -0.3 is 10.6 Å². The van der Waals surface area contributed by atoms with Crippen LogP contribution in [0.15, 0.2) is 54.6 Å². The van der Waals surface area contributed by atoms with Crippen molar-refractivity contribution in [3.63, 3.8) is 0 Å². The van der Waals surface area contributed by atoms with Crippen LogP contribution in [-0.4, -0.2) is 16.1 Å². The van der Waals surface area contributed by atoms with Crippen molar-refractivity contribution in [2.24, 2.45) is 0 Å². The second kappa shape index (κ2) is 7.09. The molecule has 0 radical (unpaired) electrons. The molecule has 0 aliphatic heterocycles. The van der Waals surface area contributed by atoms with Gasteiger partial charge in [-0.05, 0) is 49.7 Å². The molecule has 0 spiro atoms. The fourth-order valence-corrected chi connectivity index (χ4v) is 2.36. The van der Waals surface area contributed by atoms with Gasteiger partial charge in [0.2, 0.25) is 0 Å². The van der Waals surface area contributed by atoms with Crippen LogP contribution in [0.25, 0.3) is 0 Å². The van der Waals surface area contributed by atoms with Gasteiger partial charge in [0.05, 0.1) is 5.69 Å². The number of rotatable bonds is 4. The van der Waals surface area contributed by atoms with Crippen LogP contribution in [0.1, 0.15) is 21.6 Å². The van der Waals surface area contributed by atoms with Gasteiger partial charge in [-0.25, -0.2) is 4.39 Å². The molecular formula is C19H17FN4O. The number of halogens is 1. The average molecular weight is 336 g/mol. The number of carbonyl (C=O) groups excluding carboxylic acids is 1. The second-order valence-electron chi connectivity index (χ2n) is 5.68. The fraction of sp³-hybridized carbons (Fsp3) is 0.105. The lowest BCUT2D eigenvalue weighted by Gasteiger charge is -2.09. The minimum absolute atomic E-state index is 0.104. The summed E-state index contributed by atoms with van der Waals surface area (Å²) < 4.78 is 13.6. The lowest BCUT2D eigenvalue weighted by molar-refractivity contribution is 0.102. The highest BCUT2D eigenvalue weighted by Gasteiger charge is 2.11. The topological polar surface area (TPSA) is 66.9 Å². The maximum absolute atomic E-state index is 13.6. The Morgan fingerprint density at radius 3 is 2.44 bits per heavy atom. The van der Waals surface area contributed by atoms with Gasteiger partial charge >= 0.3 is 0 Å². The van der Waals surface area contributed by atoms with E-state index in [-0.39, 0.29) is 11.4 Å². The third kappa shape index (κ3) is 3.98. The number of hydrogen-bond acceptors (Lipinski definition) is 4. The predicted molar refractivity (Wildman–Crippen MR) is 95.6 cm³/mol. The maximum atomic E-state index is 13.6. The molecule has 1 heterocycles. The number of nitrogens with one attached hydrogen (secondary N) is 2. The van der Waals surface area contributed by atoms with Crippen molar-refractivity contribution in [2.45, 2.75) is 13.8 Å². The molecule has 0 aliphatic rings. The van der Waals surface area contributed by atoms with Gasteiger partial charge in [-0.2, -0.15) is 0 Å². The SMILES string of the molecule is Cc1ccc(Nc2ccc(C(=O)Nc3ccccc3F)nn2)c(C)c1. The van der Waals surface area contributed by atoms with Crippen LogP contribution >= 0.6 is 0 Å². The first-order valence-electron chi connectivity index (χ1n) is 7.77. The van der Waals surface area contributed by atoms with E-state index in [0.29, 0.717) is 5.82 Å². The number of carbonyl (C=O) groups is 1. The molecule has 2 N–H and O–H groups in total. The van der Waals surface area contributed by atoms with Gasteiger partial charge in [0.15, 0.2) is 11.5 Å². The van der Waals surface area contributed by atoms with Crippen LogP contribution in [0.5, 0.6) is 0 Å². The van der Waals surface area contributed by atoms with E-state index < -0.39 is 11.7 Å². The van der Waals surface area contributed by atoms with Gasteiger partial charge in [0.25, 0.3) is 5.91 Å². The van der Waals surface area contributed by atoms with E-state index in [1.54, 1.807) is 18.2 Å². The Kier molecular flexibility index (Phi) is 4.70. The summed E-state index contributed by atoms with van der Waals surface area (Å²) in [7, 11) is 0. The number of anilines is 3. The molecule has 0 atom stereocenters. The number of aryl methyl sites for hydroxylation is 2. The molecule has 0 fully saturated rings. The smallest absolute Gasteiger partial charge is 0.276 e. The maximum Gasteiger partial charge on any atom is 0.276 e. The third-order valence-electron chi connectivity index (χ3n) is 3.66. The standard InChI is InChI=1S/C19H17FN4O/c1-12-7-8-15(13(2)11-12)21-18-10-9-17(23-24-18)19(25)22-16-6-4-3-5-14(16)20/h3-11H,1-2H3,(H,21,24)(H,22,25). The molecule has 126 valence electrons. The summed E-state index contributed by atoms with van der Waals surface area (Å²) in [6.07, 6.45) is 0. The molecule has 25 heavy (non-hydrogen) atoms. The quantitative estimate of drug-likeness (QED) is 0.748. The first kappa shape index (κ1) is 16.6. The Bertz CT molecular complexity index is 910. The van der Waals surface area contributed by atoms with Crippen molar-refractivity contribution < 1.29 is 9.18 Å². The largest absolute Gasteiger partial charge is 0.339 e. The summed E-state index contributed by atoms with van der Waals surface area (Å²) in [5, 5.41) is 13.5. The first-order chi connectivity index (χ1) is 12.0.